The fraction of sp³-hybridized carbons (Fsp3) is 0.118. The van der Waals surface area contributed by atoms with E-state index in [-0.39, 0.29) is 34.5 Å². The van der Waals surface area contributed by atoms with Crippen LogP contribution in [0.15, 0.2) is 57.8 Å². The quantitative estimate of drug-likeness (QED) is 0.344. The molecule has 1 heterocycles. The van der Waals surface area contributed by atoms with E-state index in [1.54, 1.807) is 0 Å². The largest absolute Gasteiger partial charge is 0.452 e. The van der Waals surface area contributed by atoms with Crippen molar-refractivity contribution >= 4 is 21.5 Å². The third-order valence-corrected chi connectivity index (χ3v) is 4.77. The van der Waals surface area contributed by atoms with Crippen molar-refractivity contribution in [3.8, 4) is 11.5 Å². The van der Waals surface area contributed by atoms with E-state index in [4.69, 9.17) is 9.15 Å². The van der Waals surface area contributed by atoms with E-state index >= 15 is 0 Å². The minimum atomic E-state index is -3.35. The van der Waals surface area contributed by atoms with Gasteiger partial charge >= 0.3 is 5.97 Å². The Kier molecular flexibility index (Phi) is 5.18. The molecule has 0 radical (unpaired) electrons. The Morgan fingerprint density at radius 2 is 1.75 bits per heavy atom. The van der Waals surface area contributed by atoms with E-state index in [9.17, 15) is 23.3 Å². The summed E-state index contributed by atoms with van der Waals surface area (Å²) in [4.78, 5) is 22.3. The predicted molar refractivity (Wildman–Crippen MR) is 95.1 cm³/mol. The molecule has 0 amide bonds. The fourth-order valence-electron chi connectivity index (χ4n) is 2.20. The first kappa shape index (κ1) is 19.2. The molecule has 3 rings (SSSR count). The van der Waals surface area contributed by atoms with Crippen molar-refractivity contribution in [1.29, 1.82) is 0 Å². The molecular formula is C17H13N3O7S. The molecule has 0 aliphatic rings. The second kappa shape index (κ2) is 7.56. The molecule has 0 saturated heterocycles. The Labute approximate surface area is 158 Å². The number of non-ortho nitro benzene ring substituents is 1. The summed E-state index contributed by atoms with van der Waals surface area (Å²) >= 11 is 0. The van der Waals surface area contributed by atoms with Gasteiger partial charge < -0.3 is 9.15 Å². The average Bonchev–Trinajstić information content (AvgIpc) is 3.14. The Hall–Kier alpha value is -3.60. The maximum absolute atomic E-state index is 12.0. The van der Waals surface area contributed by atoms with Crippen LogP contribution in [0.3, 0.4) is 0 Å². The molecule has 0 unspecified atom stereocenters. The average molecular weight is 403 g/mol. The Morgan fingerprint density at radius 3 is 2.32 bits per heavy atom. The van der Waals surface area contributed by atoms with E-state index in [0.717, 1.165) is 6.26 Å². The molecule has 0 aliphatic heterocycles. The Bertz CT molecular complexity index is 1120. The summed E-state index contributed by atoms with van der Waals surface area (Å²) in [5.74, 6) is -0.525. The number of nitro benzene ring substituents is 1. The molecule has 1 aromatic heterocycles. The molecule has 10 nitrogen and oxygen atoms in total. The molecule has 0 aliphatic carbocycles. The van der Waals surface area contributed by atoms with E-state index in [1.807, 2.05) is 0 Å². The SMILES string of the molecule is CS(=O)(=O)c1ccc(C(=O)OCc2nnc(-c3ccc([N+](=O)[O-])cc3)o2)cc1. The van der Waals surface area contributed by atoms with E-state index in [1.165, 1.54) is 48.5 Å². The lowest BCUT2D eigenvalue weighted by molar-refractivity contribution is -0.384. The topological polar surface area (TPSA) is 142 Å². The van der Waals surface area contributed by atoms with Crippen molar-refractivity contribution < 1.29 is 27.3 Å². The fourth-order valence-corrected chi connectivity index (χ4v) is 2.83. The number of ether oxygens (including phenoxy) is 1. The second-order valence-electron chi connectivity index (χ2n) is 5.68. The molecule has 0 N–H and O–H groups in total. The maximum atomic E-state index is 12.0. The summed E-state index contributed by atoms with van der Waals surface area (Å²) in [6.07, 6.45) is 1.07. The van der Waals surface area contributed by atoms with Crippen molar-refractivity contribution in [3.05, 3.63) is 70.1 Å². The molecule has 28 heavy (non-hydrogen) atoms. The van der Waals surface area contributed by atoms with E-state index < -0.39 is 20.7 Å². The lowest BCUT2D eigenvalue weighted by atomic mass is 10.2. The van der Waals surface area contributed by atoms with Crippen LogP contribution in [0.5, 0.6) is 0 Å². The molecule has 0 atom stereocenters. The van der Waals surface area contributed by atoms with Gasteiger partial charge in [0.05, 0.1) is 15.4 Å². The van der Waals surface area contributed by atoms with Gasteiger partial charge in [-0.25, -0.2) is 13.2 Å². The highest BCUT2D eigenvalue weighted by atomic mass is 32.2. The van der Waals surface area contributed by atoms with Crippen LogP contribution >= 0.6 is 0 Å². The van der Waals surface area contributed by atoms with Crippen LogP contribution < -0.4 is 0 Å². The highest BCUT2D eigenvalue weighted by Gasteiger charge is 2.14. The normalized spacial score (nSPS) is 11.2. The first-order valence-corrected chi connectivity index (χ1v) is 9.67. The molecule has 2 aromatic carbocycles. The van der Waals surface area contributed by atoms with Crippen molar-refractivity contribution in [3.63, 3.8) is 0 Å². The van der Waals surface area contributed by atoms with Gasteiger partial charge in [-0.15, -0.1) is 10.2 Å². The zero-order valence-corrected chi connectivity index (χ0v) is 15.3. The van der Waals surface area contributed by atoms with Crippen LogP contribution in [0, 0.1) is 10.1 Å². The van der Waals surface area contributed by atoms with Gasteiger partial charge in [0.15, 0.2) is 16.4 Å². The highest BCUT2D eigenvalue weighted by molar-refractivity contribution is 7.90. The third kappa shape index (κ3) is 4.38. The lowest BCUT2D eigenvalue weighted by Gasteiger charge is -2.03. The van der Waals surface area contributed by atoms with Gasteiger partial charge in [0.1, 0.15) is 0 Å². The van der Waals surface area contributed by atoms with Crippen LogP contribution in [0.1, 0.15) is 16.2 Å². The van der Waals surface area contributed by atoms with Gasteiger partial charge in [-0.05, 0) is 36.4 Å². The monoisotopic (exact) mass is 403 g/mol. The zero-order valence-electron chi connectivity index (χ0n) is 14.4. The number of carbonyl (C=O) groups excluding carboxylic acids is 1. The van der Waals surface area contributed by atoms with Crippen LogP contribution in [-0.2, 0) is 21.2 Å². The zero-order chi connectivity index (χ0) is 20.3. The van der Waals surface area contributed by atoms with Gasteiger partial charge in [-0.3, -0.25) is 10.1 Å². The summed E-state index contributed by atoms with van der Waals surface area (Å²) in [6.45, 7) is -0.285. The molecule has 0 bridgehead atoms. The minimum absolute atomic E-state index is 0.0365. The van der Waals surface area contributed by atoms with E-state index in [2.05, 4.69) is 10.2 Å². The molecule has 144 valence electrons. The standard InChI is InChI=1S/C17H13N3O7S/c1-28(24,25)14-8-4-12(5-9-14)17(21)26-10-15-18-19-16(27-15)11-2-6-13(7-3-11)20(22)23/h2-9H,10H2,1H3. The minimum Gasteiger partial charge on any atom is -0.452 e. The smallest absolute Gasteiger partial charge is 0.338 e. The number of nitro groups is 1. The van der Waals surface area contributed by atoms with Crippen molar-refractivity contribution in [1.82, 2.24) is 10.2 Å². The third-order valence-electron chi connectivity index (χ3n) is 3.64. The predicted octanol–water partition coefficient (Wildman–Crippen LogP) is 2.41. The van der Waals surface area contributed by atoms with E-state index in [0.29, 0.717) is 5.56 Å². The number of sulfone groups is 1. The molecule has 0 fully saturated rings. The van der Waals surface area contributed by atoms with Crippen LogP contribution in [0.4, 0.5) is 5.69 Å². The second-order valence-corrected chi connectivity index (χ2v) is 7.69. The van der Waals surface area contributed by atoms with Crippen LogP contribution in [-0.4, -0.2) is 35.8 Å². The summed E-state index contributed by atoms with van der Waals surface area (Å²) in [7, 11) is -3.35. The van der Waals surface area contributed by atoms with Crippen LogP contribution in [0.25, 0.3) is 11.5 Å². The molecular weight excluding hydrogens is 390 g/mol. The van der Waals surface area contributed by atoms with Gasteiger partial charge in [0, 0.05) is 24.0 Å². The van der Waals surface area contributed by atoms with Crippen molar-refractivity contribution in [2.75, 3.05) is 6.26 Å². The highest BCUT2D eigenvalue weighted by Crippen LogP contribution is 2.21. The number of esters is 1. The number of hydrogen-bond donors (Lipinski definition) is 0. The number of rotatable bonds is 6. The first-order valence-electron chi connectivity index (χ1n) is 7.78. The van der Waals surface area contributed by atoms with Gasteiger partial charge in [-0.1, -0.05) is 0 Å². The molecule has 0 spiro atoms. The number of nitrogens with zero attached hydrogens (tertiary/aromatic N) is 3. The molecule has 11 heteroatoms. The Morgan fingerprint density at radius 1 is 1.11 bits per heavy atom. The van der Waals surface area contributed by atoms with Gasteiger partial charge in [0.25, 0.3) is 11.6 Å². The van der Waals surface area contributed by atoms with Gasteiger partial charge in [0.2, 0.25) is 5.89 Å². The summed E-state index contributed by atoms with van der Waals surface area (Å²) in [5, 5.41) is 18.2. The number of carbonyl (C=O) groups is 1. The molecule has 3 aromatic rings. The number of benzene rings is 2. The Balaban J connectivity index is 1.64. The summed E-state index contributed by atoms with van der Waals surface area (Å²) < 4.78 is 33.3. The summed E-state index contributed by atoms with van der Waals surface area (Å²) in [6, 6.07) is 10.8. The van der Waals surface area contributed by atoms with Crippen molar-refractivity contribution in [2.24, 2.45) is 0 Å². The van der Waals surface area contributed by atoms with Crippen LogP contribution in [0.2, 0.25) is 0 Å². The summed E-state index contributed by atoms with van der Waals surface area (Å²) in [5.41, 5.74) is 0.578. The maximum Gasteiger partial charge on any atom is 0.338 e. The van der Waals surface area contributed by atoms with Crippen molar-refractivity contribution in [2.45, 2.75) is 11.5 Å². The molecule has 0 saturated carbocycles. The first-order chi connectivity index (χ1) is 13.2. The number of hydrogen-bond acceptors (Lipinski definition) is 9. The lowest BCUT2D eigenvalue weighted by Crippen LogP contribution is -2.06. The number of aromatic nitrogens is 2. The van der Waals surface area contributed by atoms with Gasteiger partial charge in [-0.2, -0.15) is 0 Å².